The van der Waals surface area contributed by atoms with Gasteiger partial charge in [0.2, 0.25) is 0 Å². The number of likely N-dealkylation sites (N-methyl/N-ethyl adjacent to an activating group) is 1. The highest BCUT2D eigenvalue weighted by atomic mass is 16.5. The highest BCUT2D eigenvalue weighted by Gasteiger charge is 2.18. The van der Waals surface area contributed by atoms with Gasteiger partial charge in [-0.05, 0) is 19.9 Å². The molecule has 0 aromatic rings. The molecule has 72 valence electrons. The number of hydrogen-bond donors (Lipinski definition) is 1. The molecule has 0 bridgehead atoms. The Labute approximate surface area is 74.4 Å². The van der Waals surface area contributed by atoms with E-state index < -0.39 is 0 Å². The van der Waals surface area contributed by atoms with Gasteiger partial charge in [-0.3, -0.25) is 0 Å². The molecule has 1 aliphatic heterocycles. The summed E-state index contributed by atoms with van der Waals surface area (Å²) in [6, 6.07) is 0. The topological polar surface area (TPSA) is 30.5 Å². The van der Waals surface area contributed by atoms with E-state index in [4.69, 9.17) is 9.47 Å². The zero-order valence-corrected chi connectivity index (χ0v) is 8.01. The van der Waals surface area contributed by atoms with Gasteiger partial charge >= 0.3 is 0 Å². The Morgan fingerprint density at radius 3 is 3.08 bits per heavy atom. The smallest absolute Gasteiger partial charge is 0.0834 e. The molecule has 2 atom stereocenters. The van der Waals surface area contributed by atoms with Gasteiger partial charge in [0.1, 0.15) is 0 Å². The molecule has 0 aliphatic carbocycles. The summed E-state index contributed by atoms with van der Waals surface area (Å²) in [6.45, 7) is 7.78. The minimum absolute atomic E-state index is 0.302. The molecule has 1 fully saturated rings. The maximum atomic E-state index is 5.73. The molecule has 3 nitrogen and oxygen atoms in total. The molecule has 3 heteroatoms. The van der Waals surface area contributed by atoms with Gasteiger partial charge in [0.05, 0.1) is 18.8 Å². The van der Waals surface area contributed by atoms with Gasteiger partial charge in [-0.15, -0.1) is 0 Å². The van der Waals surface area contributed by atoms with E-state index in [1.54, 1.807) is 0 Å². The predicted octanol–water partition coefficient (Wildman–Crippen LogP) is 0.790. The van der Waals surface area contributed by atoms with Crippen molar-refractivity contribution in [3.8, 4) is 0 Å². The standard InChI is InChI=1S/C9H19NO2/c1-3-10-6-8(2)12-9-4-5-11-7-9/h8-10H,3-7H2,1-2H3. The Bertz CT molecular complexity index is 113. The first-order valence-electron chi connectivity index (χ1n) is 4.77. The zero-order chi connectivity index (χ0) is 8.81. The van der Waals surface area contributed by atoms with Gasteiger partial charge in [0, 0.05) is 13.2 Å². The number of nitrogens with one attached hydrogen (secondary N) is 1. The Kier molecular flexibility index (Phi) is 4.58. The quantitative estimate of drug-likeness (QED) is 0.666. The molecular formula is C9H19NO2. The molecule has 1 N–H and O–H groups in total. The largest absolute Gasteiger partial charge is 0.379 e. The fourth-order valence-electron chi connectivity index (χ4n) is 1.34. The summed E-state index contributed by atoms with van der Waals surface area (Å²) in [5, 5.41) is 3.26. The molecule has 2 unspecified atom stereocenters. The fraction of sp³-hybridized carbons (Fsp3) is 1.00. The highest BCUT2D eigenvalue weighted by Crippen LogP contribution is 2.09. The van der Waals surface area contributed by atoms with Crippen LogP contribution in [-0.4, -0.2) is 38.5 Å². The molecule has 1 rings (SSSR count). The Balaban J connectivity index is 2.03. The first-order valence-corrected chi connectivity index (χ1v) is 4.77. The van der Waals surface area contributed by atoms with E-state index in [0.29, 0.717) is 12.2 Å². The van der Waals surface area contributed by atoms with Gasteiger partial charge in [-0.1, -0.05) is 6.92 Å². The SMILES string of the molecule is CCNCC(C)OC1CCOC1. The van der Waals surface area contributed by atoms with Gasteiger partial charge < -0.3 is 14.8 Å². The first kappa shape index (κ1) is 9.96. The van der Waals surface area contributed by atoms with E-state index in [2.05, 4.69) is 19.2 Å². The maximum absolute atomic E-state index is 5.73. The zero-order valence-electron chi connectivity index (χ0n) is 8.01. The minimum Gasteiger partial charge on any atom is -0.379 e. The van der Waals surface area contributed by atoms with Crippen LogP contribution >= 0.6 is 0 Å². The molecule has 0 radical (unpaired) electrons. The van der Waals surface area contributed by atoms with Crippen molar-refractivity contribution in [3.63, 3.8) is 0 Å². The Hall–Kier alpha value is -0.120. The molecule has 12 heavy (non-hydrogen) atoms. The number of ether oxygens (including phenoxy) is 2. The van der Waals surface area contributed by atoms with Crippen LogP contribution in [0.15, 0.2) is 0 Å². The van der Waals surface area contributed by atoms with Crippen LogP contribution in [-0.2, 0) is 9.47 Å². The van der Waals surface area contributed by atoms with E-state index in [9.17, 15) is 0 Å². The third-order valence-electron chi connectivity index (χ3n) is 1.99. The highest BCUT2D eigenvalue weighted by molar-refractivity contribution is 4.66. The second-order valence-electron chi connectivity index (χ2n) is 3.24. The Morgan fingerprint density at radius 2 is 2.50 bits per heavy atom. The summed E-state index contributed by atoms with van der Waals surface area (Å²) in [5.74, 6) is 0. The van der Waals surface area contributed by atoms with E-state index in [1.807, 2.05) is 0 Å². The molecule has 0 amide bonds. The predicted molar refractivity (Wildman–Crippen MR) is 48.3 cm³/mol. The second-order valence-corrected chi connectivity index (χ2v) is 3.24. The van der Waals surface area contributed by atoms with Gasteiger partial charge in [-0.25, -0.2) is 0 Å². The lowest BCUT2D eigenvalue weighted by molar-refractivity contribution is -0.00529. The molecule has 0 aromatic carbocycles. The lowest BCUT2D eigenvalue weighted by Gasteiger charge is -2.17. The summed E-state index contributed by atoms with van der Waals surface area (Å²) in [7, 11) is 0. The van der Waals surface area contributed by atoms with Gasteiger partial charge in [-0.2, -0.15) is 0 Å². The van der Waals surface area contributed by atoms with Crippen LogP contribution in [0.1, 0.15) is 20.3 Å². The first-order chi connectivity index (χ1) is 5.83. The third kappa shape index (κ3) is 3.52. The van der Waals surface area contributed by atoms with E-state index in [1.165, 1.54) is 0 Å². The van der Waals surface area contributed by atoms with Gasteiger partial charge in [0.25, 0.3) is 0 Å². The molecule has 1 saturated heterocycles. The van der Waals surface area contributed by atoms with Crippen molar-refractivity contribution in [2.75, 3.05) is 26.3 Å². The van der Waals surface area contributed by atoms with Crippen molar-refractivity contribution in [1.82, 2.24) is 5.32 Å². The second kappa shape index (κ2) is 5.51. The van der Waals surface area contributed by atoms with Crippen molar-refractivity contribution in [2.45, 2.75) is 32.5 Å². The minimum atomic E-state index is 0.302. The van der Waals surface area contributed by atoms with E-state index in [0.717, 1.165) is 32.7 Å². The Morgan fingerprint density at radius 1 is 1.67 bits per heavy atom. The number of rotatable bonds is 5. The maximum Gasteiger partial charge on any atom is 0.0834 e. The van der Waals surface area contributed by atoms with Crippen molar-refractivity contribution in [1.29, 1.82) is 0 Å². The summed E-state index contributed by atoms with van der Waals surface area (Å²) < 4.78 is 10.9. The fourth-order valence-corrected chi connectivity index (χ4v) is 1.34. The molecule has 0 aromatic heterocycles. The summed E-state index contributed by atoms with van der Waals surface area (Å²) in [4.78, 5) is 0. The van der Waals surface area contributed by atoms with E-state index >= 15 is 0 Å². The average Bonchev–Trinajstić information content (AvgIpc) is 2.53. The van der Waals surface area contributed by atoms with Crippen LogP contribution in [0, 0.1) is 0 Å². The van der Waals surface area contributed by atoms with Crippen LogP contribution in [0.4, 0.5) is 0 Å². The normalized spacial score (nSPS) is 26.0. The van der Waals surface area contributed by atoms with Crippen LogP contribution in [0.25, 0.3) is 0 Å². The van der Waals surface area contributed by atoms with Gasteiger partial charge in [0.15, 0.2) is 0 Å². The number of hydrogen-bond acceptors (Lipinski definition) is 3. The van der Waals surface area contributed by atoms with Crippen LogP contribution in [0.3, 0.4) is 0 Å². The molecule has 0 saturated carbocycles. The van der Waals surface area contributed by atoms with Crippen LogP contribution < -0.4 is 5.32 Å². The lowest BCUT2D eigenvalue weighted by atomic mass is 10.3. The molecule has 0 spiro atoms. The third-order valence-corrected chi connectivity index (χ3v) is 1.99. The summed E-state index contributed by atoms with van der Waals surface area (Å²) in [6.07, 6.45) is 1.69. The molecule has 1 heterocycles. The lowest BCUT2D eigenvalue weighted by Crippen LogP contribution is -2.30. The molecule has 1 aliphatic rings. The van der Waals surface area contributed by atoms with E-state index in [-0.39, 0.29) is 0 Å². The average molecular weight is 173 g/mol. The summed E-state index contributed by atoms with van der Waals surface area (Å²) >= 11 is 0. The summed E-state index contributed by atoms with van der Waals surface area (Å²) in [5.41, 5.74) is 0. The van der Waals surface area contributed by atoms with Crippen molar-refractivity contribution < 1.29 is 9.47 Å². The molecular weight excluding hydrogens is 154 g/mol. The van der Waals surface area contributed by atoms with Crippen LogP contribution in [0.5, 0.6) is 0 Å². The van der Waals surface area contributed by atoms with Crippen molar-refractivity contribution >= 4 is 0 Å². The van der Waals surface area contributed by atoms with Crippen LogP contribution in [0.2, 0.25) is 0 Å². The van der Waals surface area contributed by atoms with Crippen molar-refractivity contribution in [2.24, 2.45) is 0 Å². The van der Waals surface area contributed by atoms with Crippen molar-refractivity contribution in [3.05, 3.63) is 0 Å². The monoisotopic (exact) mass is 173 g/mol.